The first kappa shape index (κ1) is 12.2. The molecular formula is C9H10F2N2O3. The maximum Gasteiger partial charge on any atom is 0.275 e. The van der Waals surface area contributed by atoms with E-state index in [1.165, 1.54) is 25.3 Å². The van der Waals surface area contributed by atoms with Gasteiger partial charge in [0.05, 0.1) is 24.6 Å². The average Bonchev–Trinajstić information content (AvgIpc) is 2.25. The summed E-state index contributed by atoms with van der Waals surface area (Å²) >= 11 is 0. The van der Waals surface area contributed by atoms with E-state index in [1.54, 1.807) is 0 Å². The topological polar surface area (TPSA) is 64.4 Å². The third-order valence-electron chi connectivity index (χ3n) is 1.80. The number of anilines is 1. The number of hydrogen-bond donors (Lipinski definition) is 1. The number of methoxy groups -OCH3 is 1. The van der Waals surface area contributed by atoms with E-state index in [1.807, 2.05) is 0 Å². The summed E-state index contributed by atoms with van der Waals surface area (Å²) in [7, 11) is 1.34. The normalized spacial score (nSPS) is 10.2. The highest BCUT2D eigenvalue weighted by Gasteiger charge is 2.11. The minimum atomic E-state index is -2.52. The molecule has 0 spiro atoms. The summed E-state index contributed by atoms with van der Waals surface area (Å²) in [6.07, 6.45) is -2.52. The van der Waals surface area contributed by atoms with Gasteiger partial charge in [0.1, 0.15) is 5.75 Å². The van der Waals surface area contributed by atoms with Gasteiger partial charge in [-0.25, -0.2) is 8.78 Å². The number of alkyl halides is 2. The number of nitrogens with one attached hydrogen (secondary N) is 1. The van der Waals surface area contributed by atoms with E-state index in [0.29, 0.717) is 0 Å². The molecule has 0 fully saturated rings. The molecule has 0 atom stereocenters. The molecule has 88 valence electrons. The van der Waals surface area contributed by atoms with E-state index in [0.717, 1.165) is 0 Å². The van der Waals surface area contributed by atoms with Gasteiger partial charge < -0.3 is 10.1 Å². The first-order valence-corrected chi connectivity index (χ1v) is 4.38. The first-order chi connectivity index (χ1) is 7.52. The second-order valence-corrected chi connectivity index (χ2v) is 2.95. The van der Waals surface area contributed by atoms with Crippen molar-refractivity contribution in [3.8, 4) is 5.75 Å². The maximum atomic E-state index is 11.9. The Labute approximate surface area is 90.2 Å². The van der Waals surface area contributed by atoms with Crippen molar-refractivity contribution < 1.29 is 18.4 Å². The third kappa shape index (κ3) is 3.34. The molecule has 7 heteroatoms. The number of hydrogen-bond acceptors (Lipinski definition) is 4. The Bertz CT molecular complexity index is 385. The molecule has 0 aliphatic rings. The lowest BCUT2D eigenvalue weighted by Gasteiger charge is -2.07. The van der Waals surface area contributed by atoms with E-state index >= 15 is 0 Å². The minimum absolute atomic E-state index is 0.212. The fraction of sp³-hybridized carbons (Fsp3) is 0.333. The molecule has 0 aromatic heterocycles. The van der Waals surface area contributed by atoms with Crippen molar-refractivity contribution in [3.63, 3.8) is 0 Å². The standard InChI is InChI=1S/C9H10F2N2O3/c1-16-8-3-6(12-5-9(10)11)2-7(4-8)13(14)15/h2-4,9,12H,5H2,1H3. The molecule has 1 N–H and O–H groups in total. The molecule has 0 heterocycles. The van der Waals surface area contributed by atoms with E-state index in [9.17, 15) is 18.9 Å². The Morgan fingerprint density at radius 3 is 2.69 bits per heavy atom. The van der Waals surface area contributed by atoms with Crippen LogP contribution < -0.4 is 10.1 Å². The van der Waals surface area contributed by atoms with Crippen LogP contribution in [0.2, 0.25) is 0 Å². The number of rotatable bonds is 5. The van der Waals surface area contributed by atoms with Crippen LogP contribution in [0.4, 0.5) is 20.2 Å². The predicted octanol–water partition coefficient (Wildman–Crippen LogP) is 2.28. The second-order valence-electron chi connectivity index (χ2n) is 2.95. The molecule has 1 rings (SSSR count). The van der Waals surface area contributed by atoms with Crippen LogP contribution in [0.1, 0.15) is 0 Å². The minimum Gasteiger partial charge on any atom is -0.496 e. The summed E-state index contributed by atoms with van der Waals surface area (Å²) in [4.78, 5) is 9.92. The Kier molecular flexibility index (Phi) is 3.98. The Morgan fingerprint density at radius 1 is 1.50 bits per heavy atom. The van der Waals surface area contributed by atoms with Gasteiger partial charge in [0.15, 0.2) is 0 Å². The molecular weight excluding hydrogens is 222 g/mol. The highest BCUT2D eigenvalue weighted by molar-refractivity contribution is 5.56. The molecule has 5 nitrogen and oxygen atoms in total. The van der Waals surface area contributed by atoms with Gasteiger partial charge in [0, 0.05) is 17.8 Å². The van der Waals surface area contributed by atoms with Gasteiger partial charge in [0.25, 0.3) is 12.1 Å². The van der Waals surface area contributed by atoms with Crippen LogP contribution in [0.15, 0.2) is 18.2 Å². The maximum absolute atomic E-state index is 11.9. The molecule has 1 aromatic carbocycles. The lowest BCUT2D eigenvalue weighted by Crippen LogP contribution is -2.10. The number of nitrogens with zero attached hydrogens (tertiary/aromatic N) is 1. The Balaban J connectivity index is 2.90. The van der Waals surface area contributed by atoms with Crippen LogP contribution in [0.3, 0.4) is 0 Å². The van der Waals surface area contributed by atoms with Gasteiger partial charge >= 0.3 is 0 Å². The molecule has 0 unspecified atom stereocenters. The van der Waals surface area contributed by atoms with Gasteiger partial charge in [-0.1, -0.05) is 0 Å². The van der Waals surface area contributed by atoms with Crippen LogP contribution in [-0.2, 0) is 0 Å². The number of ether oxygens (including phenoxy) is 1. The lowest BCUT2D eigenvalue weighted by atomic mass is 10.2. The predicted molar refractivity (Wildman–Crippen MR) is 54.1 cm³/mol. The van der Waals surface area contributed by atoms with E-state index in [-0.39, 0.29) is 17.1 Å². The summed E-state index contributed by atoms with van der Waals surface area (Å²) in [5.74, 6) is 0.242. The van der Waals surface area contributed by atoms with Crippen molar-refractivity contribution in [1.82, 2.24) is 0 Å². The smallest absolute Gasteiger partial charge is 0.275 e. The zero-order valence-corrected chi connectivity index (χ0v) is 8.44. The molecule has 0 saturated heterocycles. The van der Waals surface area contributed by atoms with Crippen molar-refractivity contribution in [2.24, 2.45) is 0 Å². The van der Waals surface area contributed by atoms with Crippen molar-refractivity contribution in [2.45, 2.75) is 6.43 Å². The largest absolute Gasteiger partial charge is 0.496 e. The van der Waals surface area contributed by atoms with Gasteiger partial charge in [-0.3, -0.25) is 10.1 Å². The lowest BCUT2D eigenvalue weighted by molar-refractivity contribution is -0.384. The molecule has 0 bridgehead atoms. The summed E-state index contributed by atoms with van der Waals surface area (Å²) in [5, 5.41) is 12.9. The third-order valence-corrected chi connectivity index (χ3v) is 1.80. The summed E-state index contributed by atoms with van der Waals surface area (Å²) in [6, 6.07) is 3.80. The average molecular weight is 232 g/mol. The van der Waals surface area contributed by atoms with Crippen LogP contribution in [0.5, 0.6) is 5.75 Å². The number of non-ortho nitro benzene ring substituents is 1. The summed E-state index contributed by atoms with van der Waals surface area (Å²) in [5.41, 5.74) is 0.0162. The van der Waals surface area contributed by atoms with Crippen molar-refractivity contribution in [3.05, 3.63) is 28.3 Å². The number of nitro groups is 1. The fourth-order valence-electron chi connectivity index (χ4n) is 1.10. The highest BCUT2D eigenvalue weighted by Crippen LogP contribution is 2.25. The van der Waals surface area contributed by atoms with Gasteiger partial charge in [0.2, 0.25) is 0 Å². The van der Waals surface area contributed by atoms with Crippen LogP contribution in [0, 0.1) is 10.1 Å². The van der Waals surface area contributed by atoms with Crippen LogP contribution in [0.25, 0.3) is 0 Å². The quantitative estimate of drug-likeness (QED) is 0.624. The molecule has 16 heavy (non-hydrogen) atoms. The van der Waals surface area contributed by atoms with Crippen molar-refractivity contribution in [2.75, 3.05) is 19.0 Å². The SMILES string of the molecule is COc1cc(NCC(F)F)cc([N+](=O)[O-])c1. The van der Waals surface area contributed by atoms with Gasteiger partial charge in [-0.15, -0.1) is 0 Å². The summed E-state index contributed by atoms with van der Waals surface area (Å²) in [6.45, 7) is -0.565. The highest BCUT2D eigenvalue weighted by atomic mass is 19.3. The van der Waals surface area contributed by atoms with E-state index < -0.39 is 17.9 Å². The fourth-order valence-corrected chi connectivity index (χ4v) is 1.10. The van der Waals surface area contributed by atoms with Crippen LogP contribution >= 0.6 is 0 Å². The molecule has 0 aliphatic carbocycles. The zero-order valence-electron chi connectivity index (χ0n) is 8.44. The molecule has 1 aromatic rings. The van der Waals surface area contributed by atoms with Crippen LogP contribution in [-0.4, -0.2) is 25.0 Å². The molecule has 0 radical (unpaired) electrons. The van der Waals surface area contributed by atoms with Gasteiger partial charge in [-0.2, -0.15) is 0 Å². The molecule has 0 amide bonds. The van der Waals surface area contributed by atoms with Crippen molar-refractivity contribution >= 4 is 11.4 Å². The number of halogens is 2. The zero-order chi connectivity index (χ0) is 12.1. The van der Waals surface area contributed by atoms with E-state index in [2.05, 4.69) is 5.32 Å². The number of benzene rings is 1. The monoisotopic (exact) mass is 232 g/mol. The molecule has 0 aliphatic heterocycles. The Morgan fingerprint density at radius 2 is 2.19 bits per heavy atom. The van der Waals surface area contributed by atoms with E-state index in [4.69, 9.17) is 4.74 Å². The molecule has 0 saturated carbocycles. The van der Waals surface area contributed by atoms with Crippen molar-refractivity contribution in [1.29, 1.82) is 0 Å². The summed E-state index contributed by atoms with van der Waals surface area (Å²) < 4.78 is 28.7. The first-order valence-electron chi connectivity index (χ1n) is 4.38. The Hall–Kier alpha value is -1.92. The van der Waals surface area contributed by atoms with Gasteiger partial charge in [-0.05, 0) is 0 Å². The second kappa shape index (κ2) is 5.24. The number of nitro benzene ring substituents is 1.